The number of nitrogens with one attached hydrogen (secondary N) is 1. The quantitative estimate of drug-likeness (QED) is 0.500. The van der Waals surface area contributed by atoms with Crippen molar-refractivity contribution in [2.45, 2.75) is 6.42 Å². The molecule has 1 amide bonds. The molecule has 3 N–H and O–H groups in total. The molecule has 0 saturated carbocycles. The van der Waals surface area contributed by atoms with Gasteiger partial charge in [-0.1, -0.05) is 6.07 Å². The molecule has 1 aromatic rings. The Morgan fingerprint density at radius 1 is 1.38 bits per heavy atom. The number of aromatic hydroxyl groups is 2. The number of benzene rings is 1. The van der Waals surface area contributed by atoms with E-state index in [1.807, 2.05) is 0 Å². The van der Waals surface area contributed by atoms with Crippen LogP contribution in [0.5, 0.6) is 11.5 Å². The molecule has 5 nitrogen and oxygen atoms in total. The zero-order valence-electron chi connectivity index (χ0n) is 9.06. The van der Waals surface area contributed by atoms with Gasteiger partial charge in [0.2, 0.25) is 5.91 Å². The summed E-state index contributed by atoms with van der Waals surface area (Å²) in [5.41, 5.74) is 0.644. The molecular weight excluding hydrogens is 210 g/mol. The average Bonchev–Trinajstić information content (AvgIpc) is 2.24. The van der Waals surface area contributed by atoms with Crippen LogP contribution in [0.4, 0.5) is 0 Å². The predicted molar refractivity (Wildman–Crippen MR) is 58.4 cm³/mol. The number of phenols is 2. The lowest BCUT2D eigenvalue weighted by Crippen LogP contribution is -2.28. The molecule has 16 heavy (non-hydrogen) atoms. The van der Waals surface area contributed by atoms with Gasteiger partial charge in [0.1, 0.15) is 0 Å². The Morgan fingerprint density at radius 2 is 2.12 bits per heavy atom. The summed E-state index contributed by atoms with van der Waals surface area (Å²) in [6, 6.07) is 4.31. The third kappa shape index (κ3) is 3.78. The van der Waals surface area contributed by atoms with E-state index in [4.69, 9.17) is 9.84 Å². The van der Waals surface area contributed by atoms with Crippen LogP contribution in [0, 0.1) is 0 Å². The molecule has 1 aromatic carbocycles. The lowest BCUT2D eigenvalue weighted by molar-refractivity contribution is -0.120. The van der Waals surface area contributed by atoms with Crippen molar-refractivity contribution in [2.75, 3.05) is 20.3 Å². The molecule has 0 bridgehead atoms. The molecule has 1 rings (SSSR count). The van der Waals surface area contributed by atoms with E-state index < -0.39 is 0 Å². The summed E-state index contributed by atoms with van der Waals surface area (Å²) in [5.74, 6) is -0.562. The fraction of sp³-hybridized carbons (Fsp3) is 0.364. The molecule has 0 unspecified atom stereocenters. The van der Waals surface area contributed by atoms with Crippen LogP contribution < -0.4 is 5.32 Å². The maximum absolute atomic E-state index is 11.4. The molecule has 0 aliphatic rings. The van der Waals surface area contributed by atoms with Crippen LogP contribution in [-0.4, -0.2) is 36.4 Å². The van der Waals surface area contributed by atoms with Gasteiger partial charge in [-0.25, -0.2) is 0 Å². The largest absolute Gasteiger partial charge is 0.504 e. The van der Waals surface area contributed by atoms with Gasteiger partial charge in [-0.05, 0) is 17.7 Å². The Balaban J connectivity index is 2.46. The van der Waals surface area contributed by atoms with Crippen LogP contribution in [0.15, 0.2) is 18.2 Å². The zero-order valence-corrected chi connectivity index (χ0v) is 9.06. The number of amides is 1. The summed E-state index contributed by atoms with van der Waals surface area (Å²) in [7, 11) is 1.56. The van der Waals surface area contributed by atoms with Crippen molar-refractivity contribution in [2.24, 2.45) is 0 Å². The van der Waals surface area contributed by atoms with Crippen molar-refractivity contribution >= 4 is 5.91 Å². The van der Waals surface area contributed by atoms with Gasteiger partial charge in [-0.2, -0.15) is 0 Å². The van der Waals surface area contributed by atoms with E-state index in [0.29, 0.717) is 18.7 Å². The fourth-order valence-electron chi connectivity index (χ4n) is 1.22. The lowest BCUT2D eigenvalue weighted by Gasteiger charge is -2.05. The summed E-state index contributed by atoms with van der Waals surface area (Å²) in [6.07, 6.45) is 0.164. The number of hydrogen-bond acceptors (Lipinski definition) is 4. The summed E-state index contributed by atoms with van der Waals surface area (Å²) in [5, 5.41) is 21.0. The smallest absolute Gasteiger partial charge is 0.224 e. The molecule has 0 aliphatic carbocycles. The molecular formula is C11H15NO4. The molecule has 0 spiro atoms. The van der Waals surface area contributed by atoms with E-state index in [-0.39, 0.29) is 23.8 Å². The second-order valence-electron chi connectivity index (χ2n) is 3.34. The molecule has 0 fully saturated rings. The van der Waals surface area contributed by atoms with Crippen molar-refractivity contribution in [3.8, 4) is 11.5 Å². The highest BCUT2D eigenvalue weighted by molar-refractivity contribution is 5.78. The van der Waals surface area contributed by atoms with Gasteiger partial charge in [0.25, 0.3) is 0 Å². The molecule has 0 radical (unpaired) electrons. The Morgan fingerprint density at radius 3 is 2.75 bits per heavy atom. The maximum Gasteiger partial charge on any atom is 0.224 e. The third-order valence-corrected chi connectivity index (χ3v) is 2.03. The van der Waals surface area contributed by atoms with Gasteiger partial charge in [-0.15, -0.1) is 0 Å². The normalized spacial score (nSPS) is 10.1. The molecule has 0 aromatic heterocycles. The fourth-order valence-corrected chi connectivity index (χ4v) is 1.22. The van der Waals surface area contributed by atoms with Crippen LogP contribution in [0.2, 0.25) is 0 Å². The average molecular weight is 225 g/mol. The zero-order chi connectivity index (χ0) is 12.0. The molecule has 0 saturated heterocycles. The van der Waals surface area contributed by atoms with Crippen molar-refractivity contribution < 1.29 is 19.7 Å². The Bertz CT molecular complexity index is 365. The van der Waals surface area contributed by atoms with Crippen LogP contribution in [0.3, 0.4) is 0 Å². The minimum absolute atomic E-state index is 0.151. The van der Waals surface area contributed by atoms with Crippen molar-refractivity contribution in [1.82, 2.24) is 5.32 Å². The van der Waals surface area contributed by atoms with E-state index in [9.17, 15) is 9.90 Å². The monoisotopic (exact) mass is 225 g/mol. The van der Waals surface area contributed by atoms with Crippen molar-refractivity contribution in [3.63, 3.8) is 0 Å². The minimum atomic E-state index is -0.220. The summed E-state index contributed by atoms with van der Waals surface area (Å²) >= 11 is 0. The number of phenolic OH excluding ortho intramolecular Hbond substituents is 2. The van der Waals surface area contributed by atoms with Crippen LogP contribution in [0.25, 0.3) is 0 Å². The first-order valence-electron chi connectivity index (χ1n) is 4.90. The summed E-state index contributed by atoms with van der Waals surface area (Å²) < 4.78 is 4.79. The van der Waals surface area contributed by atoms with Gasteiger partial charge in [0.05, 0.1) is 13.0 Å². The van der Waals surface area contributed by atoms with Gasteiger partial charge in [-0.3, -0.25) is 4.79 Å². The van der Waals surface area contributed by atoms with E-state index >= 15 is 0 Å². The second-order valence-corrected chi connectivity index (χ2v) is 3.34. The number of ether oxygens (including phenoxy) is 1. The highest BCUT2D eigenvalue weighted by atomic mass is 16.5. The summed E-state index contributed by atoms with van der Waals surface area (Å²) in [6.45, 7) is 0.923. The van der Waals surface area contributed by atoms with Gasteiger partial charge >= 0.3 is 0 Å². The number of carbonyl (C=O) groups excluding carboxylic acids is 1. The van der Waals surface area contributed by atoms with Gasteiger partial charge in [0.15, 0.2) is 11.5 Å². The molecule has 0 aliphatic heterocycles. The second kappa shape index (κ2) is 5.97. The van der Waals surface area contributed by atoms with Crippen molar-refractivity contribution in [3.05, 3.63) is 23.8 Å². The number of hydrogen-bond donors (Lipinski definition) is 3. The molecule has 0 heterocycles. The summed E-state index contributed by atoms with van der Waals surface area (Å²) in [4.78, 5) is 11.4. The van der Waals surface area contributed by atoms with Crippen molar-refractivity contribution in [1.29, 1.82) is 0 Å². The SMILES string of the molecule is COCCNC(=O)Cc1ccc(O)c(O)c1. The number of rotatable bonds is 5. The molecule has 0 atom stereocenters. The number of methoxy groups -OCH3 is 1. The Kier molecular flexibility index (Phi) is 4.60. The van der Waals surface area contributed by atoms with Crippen LogP contribution in [0.1, 0.15) is 5.56 Å². The minimum Gasteiger partial charge on any atom is -0.504 e. The Hall–Kier alpha value is -1.75. The van der Waals surface area contributed by atoms with Crippen LogP contribution >= 0.6 is 0 Å². The maximum atomic E-state index is 11.4. The first-order chi connectivity index (χ1) is 7.63. The lowest BCUT2D eigenvalue weighted by atomic mass is 10.1. The molecule has 5 heteroatoms. The molecule has 88 valence electrons. The van der Waals surface area contributed by atoms with E-state index in [1.54, 1.807) is 13.2 Å². The van der Waals surface area contributed by atoms with E-state index in [0.717, 1.165) is 0 Å². The topological polar surface area (TPSA) is 78.8 Å². The third-order valence-electron chi connectivity index (χ3n) is 2.03. The first-order valence-corrected chi connectivity index (χ1v) is 4.90. The van der Waals surface area contributed by atoms with E-state index in [2.05, 4.69) is 5.32 Å². The van der Waals surface area contributed by atoms with Gasteiger partial charge in [0, 0.05) is 13.7 Å². The highest BCUT2D eigenvalue weighted by Gasteiger charge is 2.05. The highest BCUT2D eigenvalue weighted by Crippen LogP contribution is 2.24. The standard InChI is InChI=1S/C11H15NO4/c1-16-5-4-12-11(15)7-8-2-3-9(13)10(14)6-8/h2-3,6,13-14H,4-5,7H2,1H3,(H,12,15). The first kappa shape index (κ1) is 12.3. The van der Waals surface area contributed by atoms with Crippen LogP contribution in [-0.2, 0) is 16.0 Å². The predicted octanol–water partition coefficient (Wildman–Crippen LogP) is 0.403. The van der Waals surface area contributed by atoms with Gasteiger partial charge < -0.3 is 20.3 Å². The van der Waals surface area contributed by atoms with E-state index in [1.165, 1.54) is 12.1 Å². The Labute approximate surface area is 93.7 Å². The number of carbonyl (C=O) groups is 1.